The molecule has 4 saturated heterocycles. The van der Waals surface area contributed by atoms with E-state index in [0.717, 1.165) is 75.8 Å². The quantitative estimate of drug-likeness (QED) is 0.214. The molecule has 9 heteroatoms. The minimum atomic E-state index is -0.245. The second-order valence-electron chi connectivity index (χ2n) is 17.7. The van der Waals surface area contributed by atoms with Crippen LogP contribution in [0.2, 0.25) is 0 Å². The van der Waals surface area contributed by atoms with Gasteiger partial charge in [0.1, 0.15) is 11.6 Å². The van der Waals surface area contributed by atoms with Gasteiger partial charge in [-0.2, -0.15) is 0 Å². The number of hydrogen-bond donors (Lipinski definition) is 2. The SMILES string of the molecule is CN1CCC2(CCCN2)CC1.CN1CCC2(CCCN2C(=O)N2CCc3ccccc3[C@@H]2c2ccc(F)cc2)CC1.Fc1ccc([C@@H]2NCCc3ccccc32)cc1. The Morgan fingerprint density at radius 2 is 1.19 bits per heavy atom. The Morgan fingerprint density at radius 3 is 1.83 bits per heavy atom. The molecule has 58 heavy (non-hydrogen) atoms. The molecule has 2 spiro atoms. The zero-order valence-electron chi connectivity index (χ0n) is 34.6. The molecule has 0 saturated carbocycles. The van der Waals surface area contributed by atoms with Gasteiger partial charge in [-0.1, -0.05) is 72.8 Å². The highest BCUT2D eigenvalue weighted by molar-refractivity contribution is 5.77. The Labute approximate surface area is 344 Å². The zero-order valence-corrected chi connectivity index (χ0v) is 34.6. The van der Waals surface area contributed by atoms with Crippen LogP contribution in [0.15, 0.2) is 97.1 Å². The number of benzene rings is 4. The Bertz CT molecular complexity index is 1960. The van der Waals surface area contributed by atoms with Crippen molar-refractivity contribution >= 4 is 6.03 Å². The maximum Gasteiger partial charge on any atom is 0.321 e. The largest absolute Gasteiger partial charge is 0.321 e. The third kappa shape index (κ3) is 8.88. The standard InChI is InChI=1S/C25H30FN3O.C15H14FN.C9H18N2/c1-27-17-13-25(14-18-27)12-4-15-29(25)24(30)28-16-11-19-5-2-3-6-22(19)23(28)20-7-9-21(26)10-8-20;16-13-7-5-12(6-8-13)15-14-4-2-1-3-11(14)9-10-17-15;1-11-7-4-9(5-8-11)3-2-6-10-9/h2-3,5-10,23H,4,11-18H2,1H3;1-8,15,17H,9-10H2;10H,2-8H2,1H3/t23-;15-;/m00./s1. The van der Waals surface area contributed by atoms with Crippen LogP contribution in [0.1, 0.15) is 96.8 Å². The molecular formula is C49H62F2N6O. The summed E-state index contributed by atoms with van der Waals surface area (Å²) in [6.07, 6.45) is 11.8. The van der Waals surface area contributed by atoms with Crippen molar-refractivity contribution in [3.05, 3.63) is 142 Å². The number of amides is 2. The van der Waals surface area contributed by atoms with Crippen molar-refractivity contribution < 1.29 is 13.6 Å². The van der Waals surface area contributed by atoms with E-state index >= 15 is 0 Å². The number of fused-ring (bicyclic) bond motifs is 2. The molecule has 6 aliphatic heterocycles. The number of rotatable bonds is 2. The lowest BCUT2D eigenvalue weighted by Crippen LogP contribution is -2.58. The molecule has 0 aliphatic carbocycles. The summed E-state index contributed by atoms with van der Waals surface area (Å²) in [6.45, 7) is 8.44. The van der Waals surface area contributed by atoms with Gasteiger partial charge in [0.2, 0.25) is 0 Å². The van der Waals surface area contributed by atoms with E-state index in [1.54, 1.807) is 0 Å². The maximum absolute atomic E-state index is 14.0. The van der Waals surface area contributed by atoms with Crippen molar-refractivity contribution in [2.24, 2.45) is 0 Å². The first-order valence-corrected chi connectivity index (χ1v) is 21.8. The van der Waals surface area contributed by atoms with E-state index in [4.69, 9.17) is 0 Å². The molecule has 4 fully saturated rings. The lowest BCUT2D eigenvalue weighted by Gasteiger charge is -2.47. The number of carbonyl (C=O) groups is 1. The third-order valence-electron chi connectivity index (χ3n) is 14.0. The summed E-state index contributed by atoms with van der Waals surface area (Å²) in [5.41, 5.74) is 7.82. The van der Waals surface area contributed by atoms with Crippen molar-refractivity contribution in [2.75, 3.05) is 66.5 Å². The van der Waals surface area contributed by atoms with Crippen LogP contribution in [-0.2, 0) is 12.8 Å². The summed E-state index contributed by atoms with van der Waals surface area (Å²) in [5.74, 6) is -0.427. The van der Waals surface area contributed by atoms with E-state index in [-0.39, 0.29) is 35.3 Å². The number of likely N-dealkylation sites (tertiary alicyclic amines) is 3. The number of halogens is 2. The van der Waals surface area contributed by atoms with Crippen molar-refractivity contribution in [1.29, 1.82) is 0 Å². The highest BCUT2D eigenvalue weighted by Crippen LogP contribution is 2.42. The second kappa shape index (κ2) is 18.0. The third-order valence-corrected chi connectivity index (χ3v) is 14.0. The van der Waals surface area contributed by atoms with Gasteiger partial charge in [0.15, 0.2) is 0 Å². The first kappa shape index (κ1) is 40.6. The van der Waals surface area contributed by atoms with Gasteiger partial charge in [0.05, 0.1) is 12.1 Å². The Morgan fingerprint density at radius 1 is 0.603 bits per heavy atom. The first-order valence-electron chi connectivity index (χ1n) is 21.8. The Kier molecular flexibility index (Phi) is 12.6. The van der Waals surface area contributed by atoms with E-state index in [2.05, 4.69) is 81.9 Å². The second-order valence-corrected chi connectivity index (χ2v) is 17.7. The fraction of sp³-hybridized carbons (Fsp3) is 0.490. The number of urea groups is 1. The summed E-state index contributed by atoms with van der Waals surface area (Å²) >= 11 is 0. The molecule has 0 unspecified atom stereocenters. The topological polar surface area (TPSA) is 54.1 Å². The van der Waals surface area contributed by atoms with Crippen molar-refractivity contribution in [3.8, 4) is 0 Å². The molecule has 4 aromatic rings. The molecule has 308 valence electrons. The molecule has 6 aliphatic rings. The highest BCUT2D eigenvalue weighted by atomic mass is 19.1. The van der Waals surface area contributed by atoms with Gasteiger partial charge in [0, 0.05) is 43.8 Å². The van der Waals surface area contributed by atoms with Gasteiger partial charge in [-0.15, -0.1) is 0 Å². The number of nitrogens with one attached hydrogen (secondary N) is 2. The Balaban J connectivity index is 0.000000140. The van der Waals surface area contributed by atoms with Crippen LogP contribution in [0.3, 0.4) is 0 Å². The molecule has 10 rings (SSSR count). The van der Waals surface area contributed by atoms with E-state index < -0.39 is 0 Å². The average Bonchev–Trinajstić information content (AvgIpc) is 3.90. The van der Waals surface area contributed by atoms with E-state index in [1.807, 2.05) is 35.2 Å². The number of piperidine rings is 2. The summed E-state index contributed by atoms with van der Waals surface area (Å²) in [6, 6.07) is 30.4. The van der Waals surface area contributed by atoms with Gasteiger partial charge in [0.25, 0.3) is 0 Å². The molecule has 7 nitrogen and oxygen atoms in total. The summed E-state index contributed by atoms with van der Waals surface area (Å²) in [7, 11) is 4.39. The van der Waals surface area contributed by atoms with E-state index in [9.17, 15) is 13.6 Å². The fourth-order valence-electron chi connectivity index (χ4n) is 10.5. The van der Waals surface area contributed by atoms with Gasteiger partial charge in [-0.3, -0.25) is 0 Å². The van der Waals surface area contributed by atoms with Gasteiger partial charge in [-0.25, -0.2) is 13.6 Å². The normalized spacial score (nSPS) is 23.7. The van der Waals surface area contributed by atoms with Crippen LogP contribution in [-0.4, -0.2) is 103 Å². The molecule has 2 N–H and O–H groups in total. The molecular weight excluding hydrogens is 727 g/mol. The van der Waals surface area contributed by atoms with Crippen molar-refractivity contribution in [1.82, 2.24) is 30.2 Å². The molecule has 0 aromatic heterocycles. The zero-order chi connectivity index (χ0) is 40.1. The van der Waals surface area contributed by atoms with Crippen LogP contribution in [0, 0.1) is 11.6 Å². The number of hydrogen-bond acceptors (Lipinski definition) is 5. The predicted molar refractivity (Wildman–Crippen MR) is 229 cm³/mol. The van der Waals surface area contributed by atoms with Crippen LogP contribution in [0.5, 0.6) is 0 Å². The van der Waals surface area contributed by atoms with Crippen molar-refractivity contribution in [2.45, 2.75) is 87.4 Å². The highest BCUT2D eigenvalue weighted by Gasteiger charge is 2.47. The van der Waals surface area contributed by atoms with Crippen LogP contribution in [0.25, 0.3) is 0 Å². The molecule has 0 bridgehead atoms. The summed E-state index contributed by atoms with van der Waals surface area (Å²) in [4.78, 5) is 23.0. The first-order chi connectivity index (χ1) is 28.2. The van der Waals surface area contributed by atoms with Gasteiger partial charge < -0.3 is 30.2 Å². The average molecular weight is 789 g/mol. The fourth-order valence-corrected chi connectivity index (χ4v) is 10.5. The van der Waals surface area contributed by atoms with E-state index in [0.29, 0.717) is 12.1 Å². The minimum Gasteiger partial charge on any atom is -0.319 e. The predicted octanol–water partition coefficient (Wildman–Crippen LogP) is 8.35. The number of carbonyl (C=O) groups excluding carboxylic acids is 1. The monoisotopic (exact) mass is 788 g/mol. The van der Waals surface area contributed by atoms with Crippen LogP contribution >= 0.6 is 0 Å². The molecule has 2 amide bonds. The molecule has 4 aromatic carbocycles. The Hall–Kier alpha value is -4.15. The summed E-state index contributed by atoms with van der Waals surface area (Å²) in [5, 5.41) is 7.15. The maximum atomic E-state index is 14.0. The van der Waals surface area contributed by atoms with E-state index in [1.165, 1.54) is 91.8 Å². The number of nitrogens with zero attached hydrogens (tertiary/aromatic N) is 4. The van der Waals surface area contributed by atoms with Gasteiger partial charge >= 0.3 is 6.03 Å². The lowest BCUT2D eigenvalue weighted by atomic mass is 9.85. The lowest BCUT2D eigenvalue weighted by molar-refractivity contribution is 0.0595. The smallest absolute Gasteiger partial charge is 0.319 e. The van der Waals surface area contributed by atoms with Gasteiger partial charge in [-0.05, 0) is 156 Å². The molecule has 6 heterocycles. The minimum absolute atomic E-state index is 0.00784. The molecule has 0 radical (unpaired) electrons. The molecule has 2 atom stereocenters. The van der Waals surface area contributed by atoms with Crippen molar-refractivity contribution in [3.63, 3.8) is 0 Å². The summed E-state index contributed by atoms with van der Waals surface area (Å²) < 4.78 is 26.6. The van der Waals surface area contributed by atoms with Crippen LogP contribution in [0.4, 0.5) is 13.6 Å². The van der Waals surface area contributed by atoms with Crippen LogP contribution < -0.4 is 10.6 Å².